The van der Waals surface area contributed by atoms with Crippen molar-refractivity contribution in [3.63, 3.8) is 0 Å². The van der Waals surface area contributed by atoms with Crippen molar-refractivity contribution in [3.05, 3.63) is 23.3 Å². The summed E-state index contributed by atoms with van der Waals surface area (Å²) in [5.74, 6) is 0.0932. The average Bonchev–Trinajstić information content (AvgIpc) is 2.89. The number of nitrogens with zero attached hydrogens (tertiary/aromatic N) is 3. The molecule has 0 aromatic heterocycles. The van der Waals surface area contributed by atoms with Gasteiger partial charge in [0.15, 0.2) is 6.10 Å². The summed E-state index contributed by atoms with van der Waals surface area (Å²) in [5, 5.41) is 2.60. The second-order valence-corrected chi connectivity index (χ2v) is 11.5. The molecule has 11 heteroatoms. The molecule has 0 radical (unpaired) electrons. The molecule has 2 atom stereocenters. The predicted octanol–water partition coefficient (Wildman–Crippen LogP) is 3.97. The number of methoxy groups -OCH3 is 1. The number of likely N-dealkylation sites (tertiary alicyclic amines) is 1. The van der Waals surface area contributed by atoms with Gasteiger partial charge in [-0.05, 0) is 78.5 Å². The third-order valence-electron chi connectivity index (χ3n) is 7.03. The number of fused-ring (bicyclic) bond motifs is 1. The Morgan fingerprint density at radius 3 is 2.52 bits per heavy atom. The van der Waals surface area contributed by atoms with E-state index >= 15 is 0 Å². The van der Waals surface area contributed by atoms with Gasteiger partial charge in [-0.25, -0.2) is 9.59 Å². The maximum Gasteiger partial charge on any atom is 0.410 e. The zero-order valence-electron chi connectivity index (χ0n) is 25.0. The molecular weight excluding hydrogens is 516 g/mol. The predicted molar refractivity (Wildman–Crippen MR) is 151 cm³/mol. The number of piperidine rings is 1. The van der Waals surface area contributed by atoms with Crippen LogP contribution < -0.4 is 15.0 Å². The number of carbonyl (C=O) groups is 4. The number of anilines is 1. The lowest BCUT2D eigenvalue weighted by atomic mass is 9.97. The SMILES string of the molecule is CCc1cc2c(cc1C(=O)N(C(C)C)[C@@H]1CCCN(C(=O)OC(C)(C)C)C1)N(CCNC(=O)OC)C(=O)[C@@H](C)O2. The van der Waals surface area contributed by atoms with Gasteiger partial charge in [-0.3, -0.25) is 9.59 Å². The van der Waals surface area contributed by atoms with Crippen LogP contribution in [-0.2, 0) is 20.7 Å². The highest BCUT2D eigenvalue weighted by molar-refractivity contribution is 6.03. The van der Waals surface area contributed by atoms with Crippen LogP contribution in [0.1, 0.15) is 77.2 Å². The molecule has 2 heterocycles. The van der Waals surface area contributed by atoms with E-state index < -0.39 is 17.8 Å². The summed E-state index contributed by atoms with van der Waals surface area (Å²) in [7, 11) is 1.27. The molecule has 2 aliphatic rings. The number of hydrogen-bond donors (Lipinski definition) is 1. The number of benzene rings is 1. The first-order valence-corrected chi connectivity index (χ1v) is 14.0. The molecule has 4 amide bonds. The Kier molecular flexibility index (Phi) is 9.92. The minimum Gasteiger partial charge on any atom is -0.479 e. The van der Waals surface area contributed by atoms with Gasteiger partial charge in [0, 0.05) is 37.8 Å². The number of alkyl carbamates (subject to hydrolysis) is 1. The molecule has 11 nitrogen and oxygen atoms in total. The Labute approximate surface area is 237 Å². The second kappa shape index (κ2) is 12.8. The van der Waals surface area contributed by atoms with Gasteiger partial charge in [-0.1, -0.05) is 6.92 Å². The number of nitrogens with one attached hydrogen (secondary N) is 1. The standard InChI is InChI=1S/C29H44N4O7/c1-9-20-15-24-23(32(25(34)19(4)39-24)14-12-30-27(36)38-8)16-22(20)26(35)33(18(2)3)21-11-10-13-31(17-21)28(37)40-29(5,6)7/h15-16,18-19,21H,9-14,17H2,1-8H3,(H,30,36)/t19-,21-/m1/s1. The Morgan fingerprint density at radius 2 is 1.93 bits per heavy atom. The summed E-state index contributed by atoms with van der Waals surface area (Å²) >= 11 is 0. The maximum absolute atomic E-state index is 14.2. The van der Waals surface area contributed by atoms with Gasteiger partial charge in [-0.2, -0.15) is 0 Å². The van der Waals surface area contributed by atoms with Crippen molar-refractivity contribution in [1.29, 1.82) is 0 Å². The normalized spacial score (nSPS) is 19.1. The summed E-state index contributed by atoms with van der Waals surface area (Å²) in [6.45, 7) is 14.4. The molecule has 1 saturated heterocycles. The van der Waals surface area contributed by atoms with Crippen LogP contribution in [0.2, 0.25) is 0 Å². The lowest BCUT2D eigenvalue weighted by molar-refractivity contribution is -0.125. The van der Waals surface area contributed by atoms with E-state index in [1.165, 1.54) is 7.11 Å². The Balaban J connectivity index is 1.93. The van der Waals surface area contributed by atoms with E-state index in [2.05, 4.69) is 10.1 Å². The molecule has 1 aromatic carbocycles. The van der Waals surface area contributed by atoms with Gasteiger partial charge in [0.25, 0.3) is 11.8 Å². The molecule has 0 unspecified atom stereocenters. The van der Waals surface area contributed by atoms with Gasteiger partial charge >= 0.3 is 12.2 Å². The summed E-state index contributed by atoms with van der Waals surface area (Å²) in [5.41, 5.74) is 1.18. The average molecular weight is 561 g/mol. The van der Waals surface area contributed by atoms with Crippen LogP contribution in [0.4, 0.5) is 15.3 Å². The fraction of sp³-hybridized carbons (Fsp3) is 0.655. The van der Waals surface area contributed by atoms with Crippen molar-refractivity contribution in [2.24, 2.45) is 0 Å². The Hall–Kier alpha value is -3.50. The van der Waals surface area contributed by atoms with Crippen LogP contribution in [0.25, 0.3) is 0 Å². The third kappa shape index (κ3) is 7.17. The van der Waals surface area contributed by atoms with Crippen molar-refractivity contribution in [2.75, 3.05) is 38.2 Å². The van der Waals surface area contributed by atoms with Crippen LogP contribution in [0, 0.1) is 0 Å². The molecule has 0 saturated carbocycles. The first kappa shape index (κ1) is 31.0. The lowest BCUT2D eigenvalue weighted by Crippen LogP contribution is -2.54. The smallest absolute Gasteiger partial charge is 0.410 e. The van der Waals surface area contributed by atoms with Crippen LogP contribution >= 0.6 is 0 Å². The topological polar surface area (TPSA) is 118 Å². The highest BCUT2D eigenvalue weighted by Gasteiger charge is 2.37. The van der Waals surface area contributed by atoms with Gasteiger partial charge in [0.1, 0.15) is 11.4 Å². The first-order chi connectivity index (χ1) is 18.8. The second-order valence-electron chi connectivity index (χ2n) is 11.5. The van der Waals surface area contributed by atoms with E-state index in [0.717, 1.165) is 18.4 Å². The van der Waals surface area contributed by atoms with Crippen molar-refractivity contribution in [3.8, 4) is 5.75 Å². The summed E-state index contributed by atoms with van der Waals surface area (Å²) < 4.78 is 16.1. The fourth-order valence-corrected chi connectivity index (χ4v) is 5.19. The van der Waals surface area contributed by atoms with Gasteiger partial charge in [0.05, 0.1) is 18.8 Å². The molecule has 3 rings (SSSR count). The minimum absolute atomic E-state index is 0.130. The molecule has 222 valence electrons. The molecule has 0 bridgehead atoms. The zero-order chi connectivity index (χ0) is 29.8. The highest BCUT2D eigenvalue weighted by Crippen LogP contribution is 2.38. The largest absolute Gasteiger partial charge is 0.479 e. The van der Waals surface area contributed by atoms with Crippen LogP contribution in [-0.4, -0.2) is 90.9 Å². The van der Waals surface area contributed by atoms with Gasteiger partial charge < -0.3 is 34.2 Å². The van der Waals surface area contributed by atoms with E-state index in [1.807, 2.05) is 52.5 Å². The molecule has 1 fully saturated rings. The maximum atomic E-state index is 14.2. The van der Waals surface area contributed by atoms with E-state index in [0.29, 0.717) is 36.5 Å². The molecule has 0 spiro atoms. The number of amides is 4. The fourth-order valence-electron chi connectivity index (χ4n) is 5.19. The summed E-state index contributed by atoms with van der Waals surface area (Å²) in [6.07, 6.45) is 0.436. The van der Waals surface area contributed by atoms with E-state index in [4.69, 9.17) is 9.47 Å². The molecule has 2 aliphatic heterocycles. The summed E-state index contributed by atoms with van der Waals surface area (Å²) in [6, 6.07) is 3.24. The van der Waals surface area contributed by atoms with E-state index in [9.17, 15) is 19.2 Å². The number of rotatable bonds is 7. The molecule has 40 heavy (non-hydrogen) atoms. The van der Waals surface area contributed by atoms with Crippen molar-refractivity contribution >= 4 is 29.7 Å². The lowest BCUT2D eigenvalue weighted by Gasteiger charge is -2.42. The molecular formula is C29H44N4O7. The minimum atomic E-state index is -0.704. The highest BCUT2D eigenvalue weighted by atomic mass is 16.6. The summed E-state index contributed by atoms with van der Waals surface area (Å²) in [4.78, 5) is 56.7. The number of ether oxygens (including phenoxy) is 3. The van der Waals surface area contributed by atoms with Crippen LogP contribution in [0.3, 0.4) is 0 Å². The quantitative estimate of drug-likeness (QED) is 0.536. The van der Waals surface area contributed by atoms with Crippen molar-refractivity contribution < 1.29 is 33.4 Å². The Bertz CT molecular complexity index is 1110. The number of hydrogen-bond acceptors (Lipinski definition) is 7. The number of aryl methyl sites for hydroxylation is 1. The van der Waals surface area contributed by atoms with Crippen LogP contribution in [0.5, 0.6) is 5.75 Å². The van der Waals surface area contributed by atoms with Crippen LogP contribution in [0.15, 0.2) is 12.1 Å². The van der Waals surface area contributed by atoms with E-state index in [1.54, 1.807) is 22.8 Å². The molecule has 1 aromatic rings. The van der Waals surface area contributed by atoms with Crippen molar-refractivity contribution in [2.45, 2.75) is 91.5 Å². The third-order valence-corrected chi connectivity index (χ3v) is 7.03. The molecule has 0 aliphatic carbocycles. The molecule has 1 N–H and O–H groups in total. The van der Waals surface area contributed by atoms with Gasteiger partial charge in [0.2, 0.25) is 0 Å². The number of carbonyl (C=O) groups excluding carboxylic acids is 4. The van der Waals surface area contributed by atoms with E-state index in [-0.39, 0.29) is 43.1 Å². The zero-order valence-corrected chi connectivity index (χ0v) is 25.0. The Morgan fingerprint density at radius 1 is 1.23 bits per heavy atom. The van der Waals surface area contributed by atoms with Gasteiger partial charge in [-0.15, -0.1) is 0 Å². The first-order valence-electron chi connectivity index (χ1n) is 14.0. The van der Waals surface area contributed by atoms with Crippen molar-refractivity contribution in [1.82, 2.24) is 15.1 Å². The monoisotopic (exact) mass is 560 g/mol.